The SMILES string of the molecule is O=C(c1ccc(-c2ccsc2)cc1)N1CC(N2CCc3ccccc3C2)C1. The first-order chi connectivity index (χ1) is 13.3. The Balaban J connectivity index is 1.20. The summed E-state index contributed by atoms with van der Waals surface area (Å²) in [6.45, 7) is 3.79. The van der Waals surface area contributed by atoms with Gasteiger partial charge < -0.3 is 4.90 Å². The van der Waals surface area contributed by atoms with Crippen molar-refractivity contribution >= 4 is 17.2 Å². The molecule has 1 fully saturated rings. The minimum absolute atomic E-state index is 0.153. The largest absolute Gasteiger partial charge is 0.335 e. The monoisotopic (exact) mass is 374 g/mol. The Labute approximate surface area is 163 Å². The van der Waals surface area contributed by atoms with Crippen molar-refractivity contribution in [2.75, 3.05) is 19.6 Å². The molecule has 3 heterocycles. The third-order valence-electron chi connectivity index (χ3n) is 5.81. The van der Waals surface area contributed by atoms with Crippen molar-refractivity contribution in [3.8, 4) is 11.1 Å². The van der Waals surface area contributed by atoms with Gasteiger partial charge in [0.1, 0.15) is 0 Å². The van der Waals surface area contributed by atoms with E-state index in [-0.39, 0.29) is 5.91 Å². The van der Waals surface area contributed by atoms with Crippen molar-refractivity contribution < 1.29 is 4.79 Å². The lowest BCUT2D eigenvalue weighted by Gasteiger charge is -2.47. The summed E-state index contributed by atoms with van der Waals surface area (Å²) < 4.78 is 0. The number of likely N-dealkylation sites (tertiary alicyclic amines) is 1. The van der Waals surface area contributed by atoms with E-state index >= 15 is 0 Å². The highest BCUT2D eigenvalue weighted by molar-refractivity contribution is 7.08. The third-order valence-corrected chi connectivity index (χ3v) is 6.50. The van der Waals surface area contributed by atoms with Gasteiger partial charge in [-0.15, -0.1) is 0 Å². The van der Waals surface area contributed by atoms with Gasteiger partial charge in [0.2, 0.25) is 0 Å². The number of fused-ring (bicyclic) bond motifs is 1. The van der Waals surface area contributed by atoms with E-state index < -0.39 is 0 Å². The molecule has 5 rings (SSSR count). The van der Waals surface area contributed by atoms with Gasteiger partial charge in [-0.2, -0.15) is 11.3 Å². The van der Waals surface area contributed by atoms with E-state index in [9.17, 15) is 4.79 Å². The molecule has 0 spiro atoms. The quantitative estimate of drug-likeness (QED) is 0.682. The Morgan fingerprint density at radius 1 is 0.926 bits per heavy atom. The molecule has 3 aromatic rings. The minimum atomic E-state index is 0.153. The van der Waals surface area contributed by atoms with Crippen LogP contribution in [-0.2, 0) is 13.0 Å². The first-order valence-corrected chi connectivity index (χ1v) is 10.4. The number of thiophene rings is 1. The smallest absolute Gasteiger partial charge is 0.253 e. The van der Waals surface area contributed by atoms with Crippen molar-refractivity contribution in [1.29, 1.82) is 0 Å². The standard InChI is InChI=1S/C23H22N2OS/c26-23(19-7-5-18(6-8-19)21-10-12-27-16-21)25-14-22(15-25)24-11-9-17-3-1-2-4-20(17)13-24/h1-8,10,12,16,22H,9,11,13-15H2. The van der Waals surface area contributed by atoms with Gasteiger partial charge in [-0.05, 0) is 57.6 Å². The summed E-state index contributed by atoms with van der Waals surface area (Å²) in [5.41, 5.74) is 6.09. The van der Waals surface area contributed by atoms with Crippen LogP contribution in [0.3, 0.4) is 0 Å². The summed E-state index contributed by atoms with van der Waals surface area (Å²) in [7, 11) is 0. The van der Waals surface area contributed by atoms with E-state index in [0.29, 0.717) is 6.04 Å². The fourth-order valence-electron chi connectivity index (χ4n) is 4.10. The number of hydrogen-bond acceptors (Lipinski definition) is 3. The van der Waals surface area contributed by atoms with Crippen LogP contribution >= 0.6 is 11.3 Å². The van der Waals surface area contributed by atoms with Gasteiger partial charge in [-0.25, -0.2) is 0 Å². The van der Waals surface area contributed by atoms with Crippen LogP contribution in [0.5, 0.6) is 0 Å². The van der Waals surface area contributed by atoms with Crippen LogP contribution in [0.15, 0.2) is 65.4 Å². The molecule has 1 aromatic heterocycles. The van der Waals surface area contributed by atoms with Crippen LogP contribution in [0.4, 0.5) is 0 Å². The highest BCUT2D eigenvalue weighted by Gasteiger charge is 2.36. The minimum Gasteiger partial charge on any atom is -0.335 e. The predicted octanol–water partition coefficient (Wildman–Crippen LogP) is 4.30. The third kappa shape index (κ3) is 3.20. The van der Waals surface area contributed by atoms with Gasteiger partial charge in [0.25, 0.3) is 5.91 Å². The van der Waals surface area contributed by atoms with Gasteiger partial charge in [-0.1, -0.05) is 36.4 Å². The van der Waals surface area contributed by atoms with Crippen LogP contribution < -0.4 is 0 Å². The second-order valence-corrected chi connectivity index (χ2v) is 8.22. The summed E-state index contributed by atoms with van der Waals surface area (Å²) in [6, 6.07) is 19.3. The summed E-state index contributed by atoms with van der Waals surface area (Å²) in [6.07, 6.45) is 1.12. The molecule has 0 aliphatic carbocycles. The molecule has 0 atom stereocenters. The summed E-state index contributed by atoms with van der Waals surface area (Å²) >= 11 is 1.69. The fourth-order valence-corrected chi connectivity index (χ4v) is 4.76. The first-order valence-electron chi connectivity index (χ1n) is 9.51. The van der Waals surface area contributed by atoms with Gasteiger partial charge in [0, 0.05) is 37.8 Å². The zero-order valence-electron chi connectivity index (χ0n) is 15.2. The van der Waals surface area contributed by atoms with E-state index in [1.807, 2.05) is 29.2 Å². The number of carbonyl (C=O) groups excluding carboxylic acids is 1. The summed E-state index contributed by atoms with van der Waals surface area (Å²) in [5.74, 6) is 0.153. The molecule has 27 heavy (non-hydrogen) atoms. The van der Waals surface area contributed by atoms with Crippen LogP contribution in [-0.4, -0.2) is 41.4 Å². The molecule has 0 bridgehead atoms. The van der Waals surface area contributed by atoms with Gasteiger partial charge in [-0.3, -0.25) is 9.69 Å². The maximum Gasteiger partial charge on any atom is 0.253 e. The molecule has 3 nitrogen and oxygen atoms in total. The van der Waals surface area contributed by atoms with E-state index in [1.165, 1.54) is 22.3 Å². The first kappa shape index (κ1) is 16.7. The average molecular weight is 375 g/mol. The molecule has 0 saturated carbocycles. The molecule has 4 heteroatoms. The number of benzene rings is 2. The van der Waals surface area contributed by atoms with Crippen molar-refractivity contribution in [3.63, 3.8) is 0 Å². The van der Waals surface area contributed by atoms with Crippen molar-refractivity contribution in [2.24, 2.45) is 0 Å². The number of amides is 1. The Kier molecular flexibility index (Phi) is 4.30. The number of nitrogens with zero attached hydrogens (tertiary/aromatic N) is 2. The maximum atomic E-state index is 12.8. The molecule has 0 unspecified atom stereocenters. The maximum absolute atomic E-state index is 12.8. The van der Waals surface area contributed by atoms with Crippen molar-refractivity contribution in [1.82, 2.24) is 9.80 Å². The van der Waals surface area contributed by atoms with E-state index in [4.69, 9.17) is 0 Å². The second-order valence-electron chi connectivity index (χ2n) is 7.44. The van der Waals surface area contributed by atoms with Gasteiger partial charge >= 0.3 is 0 Å². The topological polar surface area (TPSA) is 23.6 Å². The molecule has 0 radical (unpaired) electrons. The van der Waals surface area contributed by atoms with Crippen LogP contribution in [0.25, 0.3) is 11.1 Å². The van der Waals surface area contributed by atoms with E-state index in [1.54, 1.807) is 11.3 Å². The predicted molar refractivity (Wildman–Crippen MR) is 110 cm³/mol. The van der Waals surface area contributed by atoms with Crippen LogP contribution in [0, 0.1) is 0 Å². The number of rotatable bonds is 3. The molecular formula is C23H22N2OS. The van der Waals surface area contributed by atoms with E-state index in [0.717, 1.165) is 38.2 Å². The lowest BCUT2D eigenvalue weighted by molar-refractivity contribution is 0.0218. The summed E-state index contributed by atoms with van der Waals surface area (Å²) in [4.78, 5) is 17.3. The van der Waals surface area contributed by atoms with Gasteiger partial charge in [0.05, 0.1) is 0 Å². The zero-order valence-corrected chi connectivity index (χ0v) is 16.0. The fraction of sp³-hybridized carbons (Fsp3) is 0.261. The average Bonchev–Trinajstić information content (AvgIpc) is 3.21. The Hall–Kier alpha value is -2.43. The second kappa shape index (κ2) is 6.95. The van der Waals surface area contributed by atoms with Crippen molar-refractivity contribution in [3.05, 3.63) is 82.0 Å². The highest BCUT2D eigenvalue weighted by Crippen LogP contribution is 2.26. The normalized spacial score (nSPS) is 17.4. The molecular weight excluding hydrogens is 352 g/mol. The molecule has 2 aliphatic heterocycles. The molecule has 2 aliphatic rings. The molecule has 2 aromatic carbocycles. The van der Waals surface area contributed by atoms with Gasteiger partial charge in [0.15, 0.2) is 0 Å². The Morgan fingerprint density at radius 3 is 2.44 bits per heavy atom. The molecule has 1 saturated heterocycles. The zero-order chi connectivity index (χ0) is 18.2. The Morgan fingerprint density at radius 2 is 1.70 bits per heavy atom. The summed E-state index contributed by atoms with van der Waals surface area (Å²) in [5, 5.41) is 4.21. The Bertz CT molecular complexity index is 943. The van der Waals surface area contributed by atoms with Crippen molar-refractivity contribution in [2.45, 2.75) is 19.0 Å². The molecule has 136 valence electrons. The number of carbonyl (C=O) groups is 1. The molecule has 1 amide bonds. The molecule has 0 N–H and O–H groups in total. The van der Waals surface area contributed by atoms with Crippen LogP contribution in [0.2, 0.25) is 0 Å². The highest BCUT2D eigenvalue weighted by atomic mass is 32.1. The van der Waals surface area contributed by atoms with E-state index in [2.05, 4.69) is 46.0 Å². The lowest BCUT2D eigenvalue weighted by Crippen LogP contribution is -2.61. The number of hydrogen-bond donors (Lipinski definition) is 0. The lowest BCUT2D eigenvalue weighted by atomic mass is 9.96. The van der Waals surface area contributed by atoms with Crippen LogP contribution in [0.1, 0.15) is 21.5 Å².